The third kappa shape index (κ3) is 2.16. The molecule has 0 spiro atoms. The first-order chi connectivity index (χ1) is 6.88. The van der Waals surface area contributed by atoms with Gasteiger partial charge in [-0.3, -0.25) is 0 Å². The van der Waals surface area contributed by atoms with Gasteiger partial charge in [0.25, 0.3) is 0 Å². The quantitative estimate of drug-likeness (QED) is 0.724. The molecule has 1 aromatic heterocycles. The molecule has 0 saturated carbocycles. The van der Waals surface area contributed by atoms with E-state index in [1.807, 2.05) is 0 Å². The minimum atomic E-state index is -1.71. The molecule has 0 unspecified atom stereocenters. The van der Waals surface area contributed by atoms with Gasteiger partial charge in [-0.25, -0.2) is 9.37 Å². The lowest BCUT2D eigenvalue weighted by Crippen LogP contribution is -2.02. The van der Waals surface area contributed by atoms with Gasteiger partial charge in [-0.1, -0.05) is 46.4 Å². The smallest absolute Gasteiger partial charge is 0.248 e. The van der Waals surface area contributed by atoms with Crippen molar-refractivity contribution in [1.29, 1.82) is 0 Å². The van der Waals surface area contributed by atoms with Gasteiger partial charge in [-0.2, -0.15) is 0 Å². The molecule has 0 atom stereocenters. The Morgan fingerprint density at radius 2 is 1.93 bits per heavy atom. The second kappa shape index (κ2) is 3.67. The zero-order valence-corrected chi connectivity index (χ0v) is 10.0. The molecule has 15 heavy (non-hydrogen) atoms. The number of H-pyrrole nitrogens is 1. The van der Waals surface area contributed by atoms with Crippen molar-refractivity contribution in [1.82, 2.24) is 9.97 Å². The number of nitrogens with zero attached hydrogens (tertiary/aromatic N) is 1. The summed E-state index contributed by atoms with van der Waals surface area (Å²) in [6.07, 6.45) is 0. The largest absolute Gasteiger partial charge is 0.338 e. The summed E-state index contributed by atoms with van der Waals surface area (Å²) in [7, 11) is 0. The van der Waals surface area contributed by atoms with Crippen LogP contribution in [0.25, 0.3) is 11.0 Å². The second-order valence-electron chi connectivity index (χ2n) is 2.87. The third-order valence-electron chi connectivity index (χ3n) is 1.77. The summed E-state index contributed by atoms with van der Waals surface area (Å²) in [5.41, 5.74) is 0.488. The molecule has 0 aliphatic heterocycles. The molecule has 0 radical (unpaired) electrons. The number of imidazole rings is 1. The molecule has 0 amide bonds. The molecule has 0 bridgehead atoms. The third-order valence-corrected chi connectivity index (χ3v) is 2.53. The molecule has 1 N–H and O–H groups in total. The minimum absolute atomic E-state index is 0.0590. The topological polar surface area (TPSA) is 28.7 Å². The van der Waals surface area contributed by atoms with Gasteiger partial charge in [0.15, 0.2) is 11.6 Å². The van der Waals surface area contributed by atoms with Gasteiger partial charge in [0.05, 0.1) is 5.52 Å². The van der Waals surface area contributed by atoms with Crippen LogP contribution in [0.2, 0.25) is 5.02 Å². The summed E-state index contributed by atoms with van der Waals surface area (Å²) in [6, 6.07) is 2.65. The van der Waals surface area contributed by atoms with Crippen molar-refractivity contribution in [2.24, 2.45) is 0 Å². The molecular formula is C8H3Cl4FN2. The Bertz CT molecular complexity index is 517. The van der Waals surface area contributed by atoms with Crippen molar-refractivity contribution in [3.05, 3.63) is 28.8 Å². The van der Waals surface area contributed by atoms with Crippen molar-refractivity contribution in [2.45, 2.75) is 3.79 Å². The summed E-state index contributed by atoms with van der Waals surface area (Å²) in [5, 5.41) is 0.250. The Labute approximate surface area is 104 Å². The first-order valence-electron chi connectivity index (χ1n) is 3.80. The molecular weight excluding hydrogens is 285 g/mol. The number of aromatic nitrogens is 2. The van der Waals surface area contributed by atoms with Gasteiger partial charge < -0.3 is 4.98 Å². The molecule has 0 aliphatic rings. The number of alkyl halides is 3. The molecule has 0 aliphatic carbocycles. The predicted molar refractivity (Wildman–Crippen MR) is 60.3 cm³/mol. The highest BCUT2D eigenvalue weighted by Gasteiger charge is 2.27. The van der Waals surface area contributed by atoms with Crippen LogP contribution < -0.4 is 0 Å². The van der Waals surface area contributed by atoms with Crippen LogP contribution in [0.15, 0.2) is 12.1 Å². The second-order valence-corrected chi connectivity index (χ2v) is 5.58. The van der Waals surface area contributed by atoms with E-state index in [9.17, 15) is 4.39 Å². The number of nitrogens with one attached hydrogen (secondary N) is 1. The fourth-order valence-electron chi connectivity index (χ4n) is 1.18. The summed E-state index contributed by atoms with van der Waals surface area (Å²) < 4.78 is 11.6. The highest BCUT2D eigenvalue weighted by atomic mass is 35.6. The average Bonchev–Trinajstić information content (AvgIpc) is 2.46. The number of fused-ring (bicyclic) bond motifs is 1. The lowest BCUT2D eigenvalue weighted by atomic mass is 10.3. The molecule has 2 nitrogen and oxygen atoms in total. The summed E-state index contributed by atoms with van der Waals surface area (Å²) in [6.45, 7) is 0. The predicted octanol–water partition coefficient (Wildman–Crippen LogP) is 4.18. The zero-order chi connectivity index (χ0) is 11.2. The van der Waals surface area contributed by atoms with Crippen LogP contribution in [0.1, 0.15) is 5.82 Å². The van der Waals surface area contributed by atoms with Gasteiger partial charge in [-0.15, -0.1) is 0 Å². The molecule has 0 saturated heterocycles. The Balaban J connectivity index is 2.71. The summed E-state index contributed by atoms with van der Waals surface area (Å²) in [4.78, 5) is 6.53. The van der Waals surface area contributed by atoms with Gasteiger partial charge in [-0.05, 0) is 12.1 Å². The minimum Gasteiger partial charge on any atom is -0.338 e. The zero-order valence-electron chi connectivity index (χ0n) is 6.99. The van der Waals surface area contributed by atoms with Crippen LogP contribution in [-0.2, 0) is 3.79 Å². The standard InChI is InChI=1S/C8H3Cl4FN2/c9-3-1-4(13)6-5(2-3)14-7(15-6)8(10,11)12/h1-2H,(H,14,15). The maximum Gasteiger partial charge on any atom is 0.248 e. The van der Waals surface area contributed by atoms with Crippen LogP contribution in [-0.4, -0.2) is 9.97 Å². The van der Waals surface area contributed by atoms with Gasteiger partial charge >= 0.3 is 0 Å². The van der Waals surface area contributed by atoms with Crippen LogP contribution >= 0.6 is 46.4 Å². The van der Waals surface area contributed by atoms with Gasteiger partial charge in [0.2, 0.25) is 3.79 Å². The Morgan fingerprint density at radius 3 is 2.53 bits per heavy atom. The molecule has 7 heteroatoms. The maximum atomic E-state index is 13.4. The summed E-state index contributed by atoms with van der Waals surface area (Å²) >= 11 is 22.5. The number of halogens is 5. The van der Waals surface area contributed by atoms with Crippen molar-refractivity contribution in [2.75, 3.05) is 0 Å². The lowest BCUT2D eigenvalue weighted by Gasteiger charge is -2.04. The number of hydrogen-bond donors (Lipinski definition) is 1. The monoisotopic (exact) mass is 286 g/mol. The number of benzene rings is 1. The number of hydrogen-bond acceptors (Lipinski definition) is 1. The van der Waals surface area contributed by atoms with Crippen molar-refractivity contribution >= 4 is 57.4 Å². The van der Waals surface area contributed by atoms with E-state index >= 15 is 0 Å². The van der Waals surface area contributed by atoms with E-state index in [1.54, 1.807) is 0 Å². The van der Waals surface area contributed by atoms with Gasteiger partial charge in [0, 0.05) is 5.02 Å². The van der Waals surface area contributed by atoms with Crippen molar-refractivity contribution in [3.8, 4) is 0 Å². The van der Waals surface area contributed by atoms with Crippen LogP contribution in [0.4, 0.5) is 4.39 Å². The van der Waals surface area contributed by atoms with Crippen LogP contribution in [0.5, 0.6) is 0 Å². The molecule has 1 aromatic carbocycles. The van der Waals surface area contributed by atoms with E-state index < -0.39 is 9.61 Å². The number of rotatable bonds is 0. The highest BCUT2D eigenvalue weighted by Crippen LogP contribution is 2.37. The lowest BCUT2D eigenvalue weighted by molar-refractivity contribution is 0.637. The molecule has 2 aromatic rings. The Morgan fingerprint density at radius 1 is 1.27 bits per heavy atom. The summed E-state index contributed by atoms with van der Waals surface area (Å²) in [5.74, 6) is -0.502. The highest BCUT2D eigenvalue weighted by molar-refractivity contribution is 6.66. The fourth-order valence-corrected chi connectivity index (χ4v) is 1.65. The van der Waals surface area contributed by atoms with E-state index in [-0.39, 0.29) is 16.4 Å². The van der Waals surface area contributed by atoms with Crippen LogP contribution in [0, 0.1) is 5.82 Å². The van der Waals surface area contributed by atoms with Gasteiger partial charge in [0.1, 0.15) is 5.52 Å². The van der Waals surface area contributed by atoms with E-state index in [4.69, 9.17) is 46.4 Å². The fraction of sp³-hybridized carbons (Fsp3) is 0.125. The first-order valence-corrected chi connectivity index (χ1v) is 5.31. The van der Waals surface area contributed by atoms with Crippen molar-refractivity contribution < 1.29 is 4.39 Å². The normalized spacial score (nSPS) is 12.3. The van der Waals surface area contributed by atoms with E-state index in [0.717, 1.165) is 6.07 Å². The molecule has 1 heterocycles. The maximum absolute atomic E-state index is 13.4. The molecule has 2 rings (SSSR count). The average molecular weight is 288 g/mol. The number of aromatic amines is 1. The Hall–Kier alpha value is -0.220. The first kappa shape index (κ1) is 11.3. The molecule has 0 fully saturated rings. The molecule has 80 valence electrons. The Kier molecular flexibility index (Phi) is 2.75. The van der Waals surface area contributed by atoms with E-state index in [0.29, 0.717) is 5.52 Å². The SMILES string of the molecule is Fc1cc(Cl)cc2[nH]c(C(Cl)(Cl)Cl)nc12. The van der Waals surface area contributed by atoms with E-state index in [2.05, 4.69) is 9.97 Å². The van der Waals surface area contributed by atoms with Crippen molar-refractivity contribution in [3.63, 3.8) is 0 Å². The van der Waals surface area contributed by atoms with E-state index in [1.165, 1.54) is 6.07 Å². The van der Waals surface area contributed by atoms with Crippen LogP contribution in [0.3, 0.4) is 0 Å².